The quantitative estimate of drug-likeness (QED) is 0.671. The SMILES string of the molecule is CC(N)C1CCCN(C2CC2)C1. The van der Waals surface area contributed by atoms with E-state index in [4.69, 9.17) is 5.73 Å². The molecule has 2 aliphatic rings. The molecular weight excluding hydrogens is 148 g/mol. The van der Waals surface area contributed by atoms with Crippen LogP contribution in [-0.4, -0.2) is 30.1 Å². The smallest absolute Gasteiger partial charge is 0.00965 e. The lowest BCUT2D eigenvalue weighted by atomic mass is 9.92. The largest absolute Gasteiger partial charge is 0.328 e. The molecule has 0 aromatic rings. The second-order valence-corrected chi connectivity index (χ2v) is 4.49. The second-order valence-electron chi connectivity index (χ2n) is 4.49. The van der Waals surface area contributed by atoms with Crippen molar-refractivity contribution in [2.75, 3.05) is 13.1 Å². The zero-order chi connectivity index (χ0) is 8.55. The molecule has 2 nitrogen and oxygen atoms in total. The molecule has 1 aliphatic carbocycles. The van der Waals surface area contributed by atoms with Gasteiger partial charge in [-0.1, -0.05) is 0 Å². The van der Waals surface area contributed by atoms with Crippen LogP contribution in [0.1, 0.15) is 32.6 Å². The van der Waals surface area contributed by atoms with Crippen LogP contribution in [0.2, 0.25) is 0 Å². The van der Waals surface area contributed by atoms with Gasteiger partial charge in [-0.3, -0.25) is 0 Å². The van der Waals surface area contributed by atoms with Crippen LogP contribution in [0.15, 0.2) is 0 Å². The minimum Gasteiger partial charge on any atom is -0.328 e. The zero-order valence-electron chi connectivity index (χ0n) is 8.00. The second kappa shape index (κ2) is 3.35. The van der Waals surface area contributed by atoms with E-state index >= 15 is 0 Å². The van der Waals surface area contributed by atoms with Gasteiger partial charge in [0, 0.05) is 18.6 Å². The Bertz CT molecular complexity index is 144. The van der Waals surface area contributed by atoms with Gasteiger partial charge in [-0.2, -0.15) is 0 Å². The Balaban J connectivity index is 1.85. The van der Waals surface area contributed by atoms with E-state index in [0.29, 0.717) is 6.04 Å². The van der Waals surface area contributed by atoms with Gasteiger partial charge in [0.15, 0.2) is 0 Å². The first kappa shape index (κ1) is 8.52. The molecule has 1 saturated heterocycles. The molecule has 0 spiro atoms. The highest BCUT2D eigenvalue weighted by molar-refractivity contribution is 4.89. The van der Waals surface area contributed by atoms with Gasteiger partial charge in [0.1, 0.15) is 0 Å². The number of hydrogen-bond donors (Lipinski definition) is 1. The summed E-state index contributed by atoms with van der Waals surface area (Å²) in [6, 6.07) is 1.33. The highest BCUT2D eigenvalue weighted by atomic mass is 15.2. The summed E-state index contributed by atoms with van der Waals surface area (Å²) in [4.78, 5) is 2.65. The van der Waals surface area contributed by atoms with Crippen LogP contribution in [-0.2, 0) is 0 Å². The average molecular weight is 168 g/mol. The fraction of sp³-hybridized carbons (Fsp3) is 1.00. The Morgan fingerprint density at radius 1 is 1.33 bits per heavy atom. The summed E-state index contributed by atoms with van der Waals surface area (Å²) in [6.07, 6.45) is 5.58. The Kier molecular flexibility index (Phi) is 2.37. The third-order valence-corrected chi connectivity index (χ3v) is 3.30. The summed E-state index contributed by atoms with van der Waals surface area (Å²) in [7, 11) is 0. The molecule has 0 aromatic carbocycles. The standard InChI is InChI=1S/C10H20N2/c1-8(11)9-3-2-6-12(7-9)10-4-5-10/h8-10H,2-7,11H2,1H3. The molecular formula is C10H20N2. The van der Waals surface area contributed by atoms with Crippen molar-refractivity contribution in [3.63, 3.8) is 0 Å². The highest BCUT2D eigenvalue weighted by Crippen LogP contribution is 2.31. The number of nitrogens with two attached hydrogens (primary N) is 1. The normalized spacial score (nSPS) is 35.0. The summed E-state index contributed by atoms with van der Waals surface area (Å²) < 4.78 is 0. The Morgan fingerprint density at radius 3 is 2.67 bits per heavy atom. The van der Waals surface area contributed by atoms with Crippen molar-refractivity contribution in [1.82, 2.24) is 4.90 Å². The maximum absolute atomic E-state index is 5.92. The van der Waals surface area contributed by atoms with E-state index in [2.05, 4.69) is 11.8 Å². The molecule has 0 radical (unpaired) electrons. The van der Waals surface area contributed by atoms with Gasteiger partial charge in [-0.15, -0.1) is 0 Å². The molecule has 2 N–H and O–H groups in total. The molecule has 1 saturated carbocycles. The minimum atomic E-state index is 0.395. The molecule has 2 fully saturated rings. The van der Waals surface area contributed by atoms with Gasteiger partial charge >= 0.3 is 0 Å². The van der Waals surface area contributed by atoms with Crippen molar-refractivity contribution in [3.05, 3.63) is 0 Å². The predicted molar refractivity (Wildman–Crippen MR) is 51.0 cm³/mol. The summed E-state index contributed by atoms with van der Waals surface area (Å²) in [5, 5.41) is 0. The first-order valence-electron chi connectivity index (χ1n) is 5.27. The number of hydrogen-bond acceptors (Lipinski definition) is 2. The Hall–Kier alpha value is -0.0800. The third-order valence-electron chi connectivity index (χ3n) is 3.30. The van der Waals surface area contributed by atoms with Crippen molar-refractivity contribution in [2.24, 2.45) is 11.7 Å². The van der Waals surface area contributed by atoms with Crippen molar-refractivity contribution in [1.29, 1.82) is 0 Å². The van der Waals surface area contributed by atoms with Crippen LogP contribution in [0.25, 0.3) is 0 Å². The summed E-state index contributed by atoms with van der Waals surface area (Å²) in [5.74, 6) is 0.763. The Morgan fingerprint density at radius 2 is 2.08 bits per heavy atom. The van der Waals surface area contributed by atoms with Crippen LogP contribution >= 0.6 is 0 Å². The molecule has 12 heavy (non-hydrogen) atoms. The molecule has 2 atom stereocenters. The first-order valence-corrected chi connectivity index (χ1v) is 5.27. The van der Waals surface area contributed by atoms with Gasteiger partial charge in [0.05, 0.1) is 0 Å². The van der Waals surface area contributed by atoms with Crippen molar-refractivity contribution >= 4 is 0 Å². The van der Waals surface area contributed by atoms with E-state index in [0.717, 1.165) is 12.0 Å². The highest BCUT2D eigenvalue weighted by Gasteiger charge is 2.33. The molecule has 2 heteroatoms. The maximum atomic E-state index is 5.92. The first-order chi connectivity index (χ1) is 5.77. The molecule has 1 aliphatic heterocycles. The van der Waals surface area contributed by atoms with Crippen molar-refractivity contribution < 1.29 is 0 Å². The predicted octanol–water partition coefficient (Wildman–Crippen LogP) is 1.21. The summed E-state index contributed by atoms with van der Waals surface area (Å²) in [6.45, 7) is 4.75. The van der Waals surface area contributed by atoms with Gasteiger partial charge < -0.3 is 10.6 Å². The molecule has 2 unspecified atom stereocenters. The van der Waals surface area contributed by atoms with E-state index < -0.39 is 0 Å². The van der Waals surface area contributed by atoms with Crippen LogP contribution in [0.3, 0.4) is 0 Å². The number of nitrogens with zero attached hydrogens (tertiary/aromatic N) is 1. The van der Waals surface area contributed by atoms with Crippen LogP contribution in [0, 0.1) is 5.92 Å². The molecule has 0 amide bonds. The number of likely N-dealkylation sites (tertiary alicyclic amines) is 1. The van der Waals surface area contributed by atoms with Crippen LogP contribution < -0.4 is 5.73 Å². The summed E-state index contributed by atoms with van der Waals surface area (Å²) in [5.41, 5.74) is 5.92. The topological polar surface area (TPSA) is 29.3 Å². The van der Waals surface area contributed by atoms with Crippen molar-refractivity contribution in [2.45, 2.75) is 44.7 Å². The molecule has 0 bridgehead atoms. The van der Waals surface area contributed by atoms with Gasteiger partial charge in [0.25, 0.3) is 0 Å². The van der Waals surface area contributed by atoms with Gasteiger partial charge in [-0.25, -0.2) is 0 Å². The van der Waals surface area contributed by atoms with E-state index in [1.54, 1.807) is 0 Å². The zero-order valence-corrected chi connectivity index (χ0v) is 8.00. The summed E-state index contributed by atoms with van der Waals surface area (Å²) >= 11 is 0. The fourth-order valence-corrected chi connectivity index (χ4v) is 2.24. The minimum absolute atomic E-state index is 0.395. The van der Waals surface area contributed by atoms with Gasteiger partial charge in [-0.05, 0) is 45.1 Å². The Labute approximate surface area is 75.1 Å². The average Bonchev–Trinajstić information content (AvgIpc) is 2.87. The molecule has 1 heterocycles. The lowest BCUT2D eigenvalue weighted by Gasteiger charge is -2.34. The number of rotatable bonds is 2. The van der Waals surface area contributed by atoms with Crippen LogP contribution in [0.5, 0.6) is 0 Å². The lowest BCUT2D eigenvalue weighted by molar-refractivity contribution is 0.153. The lowest BCUT2D eigenvalue weighted by Crippen LogP contribution is -2.43. The van der Waals surface area contributed by atoms with Gasteiger partial charge in [0.2, 0.25) is 0 Å². The van der Waals surface area contributed by atoms with E-state index in [-0.39, 0.29) is 0 Å². The maximum Gasteiger partial charge on any atom is 0.00965 e. The van der Waals surface area contributed by atoms with E-state index in [1.165, 1.54) is 38.8 Å². The third kappa shape index (κ3) is 1.80. The van der Waals surface area contributed by atoms with E-state index in [9.17, 15) is 0 Å². The van der Waals surface area contributed by atoms with E-state index in [1.807, 2.05) is 0 Å². The molecule has 0 aromatic heterocycles. The molecule has 2 rings (SSSR count). The van der Waals surface area contributed by atoms with Crippen molar-refractivity contribution in [3.8, 4) is 0 Å². The molecule has 70 valence electrons. The van der Waals surface area contributed by atoms with Crippen LogP contribution in [0.4, 0.5) is 0 Å². The fourth-order valence-electron chi connectivity index (χ4n) is 2.24. The monoisotopic (exact) mass is 168 g/mol. The number of piperidine rings is 1.